The number of nitrogens with zero attached hydrogens (tertiary/aromatic N) is 1. The zero-order valence-electron chi connectivity index (χ0n) is 10.1. The number of benzene rings is 1. The Hall–Kier alpha value is -1.09. The number of hydrogen-bond donors (Lipinski definition) is 0. The molecule has 0 saturated carbocycles. The molecule has 1 unspecified atom stereocenters. The Morgan fingerprint density at radius 1 is 1.31 bits per heavy atom. The van der Waals surface area contributed by atoms with E-state index in [1.54, 1.807) is 6.08 Å². The largest absolute Gasteiger partial charge is 0.244 e. The van der Waals surface area contributed by atoms with Crippen LogP contribution in [0.2, 0.25) is 0 Å². The van der Waals surface area contributed by atoms with Gasteiger partial charge in [-0.15, -0.1) is 6.58 Å². The van der Waals surface area contributed by atoms with E-state index in [1.807, 2.05) is 51.1 Å². The van der Waals surface area contributed by atoms with E-state index in [-0.39, 0.29) is 4.75 Å². The predicted molar refractivity (Wildman–Crippen MR) is 70.1 cm³/mol. The maximum atomic E-state index is 13.0. The van der Waals surface area contributed by atoms with E-state index in [4.69, 9.17) is 0 Å². The first-order valence-electron chi connectivity index (χ1n) is 5.30. The van der Waals surface area contributed by atoms with Gasteiger partial charge in [-0.2, -0.15) is 0 Å². The summed E-state index contributed by atoms with van der Waals surface area (Å²) >= 11 is 0. The van der Waals surface area contributed by atoms with Crippen molar-refractivity contribution in [1.29, 1.82) is 0 Å². The molecule has 0 N–H and O–H groups in total. The Bertz CT molecular complexity index is 462. The quantitative estimate of drug-likeness (QED) is 0.740. The first kappa shape index (κ1) is 13.0. The molecule has 1 aromatic carbocycles. The van der Waals surface area contributed by atoms with Crippen LogP contribution in [-0.4, -0.2) is 15.5 Å². The van der Waals surface area contributed by atoms with Gasteiger partial charge in [-0.05, 0) is 32.9 Å². The van der Waals surface area contributed by atoms with E-state index < -0.39 is 9.73 Å². The molecule has 0 fully saturated rings. The van der Waals surface area contributed by atoms with Gasteiger partial charge in [-0.25, -0.2) is 8.57 Å². The summed E-state index contributed by atoms with van der Waals surface area (Å²) in [4.78, 5) is 0.796. The van der Waals surface area contributed by atoms with E-state index in [1.165, 1.54) is 0 Å². The smallest absolute Gasteiger partial charge is 0.0805 e. The second kappa shape index (κ2) is 4.83. The Balaban J connectivity index is 3.39. The molecule has 0 heterocycles. The summed E-state index contributed by atoms with van der Waals surface area (Å²) in [5.74, 6) is 0. The van der Waals surface area contributed by atoms with Crippen molar-refractivity contribution < 1.29 is 4.21 Å². The maximum Gasteiger partial charge on any atom is 0.0805 e. The van der Waals surface area contributed by atoms with Crippen LogP contribution in [0.4, 0.5) is 0 Å². The Morgan fingerprint density at radius 3 is 2.31 bits per heavy atom. The first-order valence-corrected chi connectivity index (χ1v) is 6.82. The van der Waals surface area contributed by atoms with Gasteiger partial charge >= 0.3 is 0 Å². The van der Waals surface area contributed by atoms with Crippen molar-refractivity contribution in [1.82, 2.24) is 0 Å². The highest BCUT2D eigenvalue weighted by atomic mass is 32.2. The van der Waals surface area contributed by atoms with Gasteiger partial charge in [0, 0.05) is 4.90 Å². The highest BCUT2D eigenvalue weighted by molar-refractivity contribution is 7.95. The highest BCUT2D eigenvalue weighted by Crippen LogP contribution is 2.27. The molecule has 88 valence electrons. The fourth-order valence-electron chi connectivity index (χ4n) is 1.38. The van der Waals surface area contributed by atoms with Gasteiger partial charge in [0.25, 0.3) is 0 Å². The van der Waals surface area contributed by atoms with E-state index >= 15 is 0 Å². The SMILES string of the molecule is C=CCN=S(=O)(c1ccccc1)C(C)(C)C. The Labute approximate surface area is 98.6 Å². The molecule has 0 amide bonds. The molecule has 16 heavy (non-hydrogen) atoms. The van der Waals surface area contributed by atoms with Gasteiger partial charge in [0.2, 0.25) is 0 Å². The highest BCUT2D eigenvalue weighted by Gasteiger charge is 2.28. The van der Waals surface area contributed by atoms with Crippen LogP contribution in [0.5, 0.6) is 0 Å². The monoisotopic (exact) mass is 237 g/mol. The molecule has 1 atom stereocenters. The lowest BCUT2D eigenvalue weighted by Gasteiger charge is -2.24. The van der Waals surface area contributed by atoms with Gasteiger partial charge in [-0.1, -0.05) is 24.3 Å². The molecule has 3 heteroatoms. The van der Waals surface area contributed by atoms with Crippen LogP contribution in [0.3, 0.4) is 0 Å². The van der Waals surface area contributed by atoms with Crippen LogP contribution in [-0.2, 0) is 9.73 Å². The Morgan fingerprint density at radius 2 is 1.88 bits per heavy atom. The lowest BCUT2D eigenvalue weighted by Crippen LogP contribution is -2.28. The van der Waals surface area contributed by atoms with Crippen LogP contribution in [0, 0.1) is 0 Å². The summed E-state index contributed by atoms with van der Waals surface area (Å²) in [5, 5.41) is 0. The van der Waals surface area contributed by atoms with Crippen LogP contribution in [0.1, 0.15) is 20.8 Å². The molecule has 1 rings (SSSR count). The molecular formula is C13H19NOS. The standard InChI is InChI=1S/C13H19NOS/c1-5-11-14-16(15,13(2,3)4)12-9-7-6-8-10-12/h5-10H,1,11H2,2-4H3. The average Bonchev–Trinajstić information content (AvgIpc) is 2.25. The third kappa shape index (κ3) is 2.53. The molecule has 2 nitrogen and oxygen atoms in total. The topological polar surface area (TPSA) is 29.4 Å². The summed E-state index contributed by atoms with van der Waals surface area (Å²) < 4.78 is 16.9. The molecule has 0 aliphatic heterocycles. The van der Waals surface area contributed by atoms with E-state index in [2.05, 4.69) is 10.9 Å². The van der Waals surface area contributed by atoms with Gasteiger partial charge in [0.05, 0.1) is 21.0 Å². The Kier molecular flexibility index (Phi) is 3.92. The van der Waals surface area contributed by atoms with Gasteiger partial charge in [0.1, 0.15) is 0 Å². The van der Waals surface area contributed by atoms with Gasteiger partial charge in [-0.3, -0.25) is 0 Å². The minimum Gasteiger partial charge on any atom is -0.244 e. The summed E-state index contributed by atoms with van der Waals surface area (Å²) in [5.41, 5.74) is 0. The third-order valence-electron chi connectivity index (χ3n) is 2.28. The van der Waals surface area contributed by atoms with Crippen molar-refractivity contribution >= 4 is 9.73 Å². The third-order valence-corrected chi connectivity index (χ3v) is 5.36. The molecule has 0 saturated heterocycles. The van der Waals surface area contributed by atoms with Crippen LogP contribution < -0.4 is 0 Å². The van der Waals surface area contributed by atoms with Crippen molar-refractivity contribution in [2.24, 2.45) is 4.36 Å². The maximum absolute atomic E-state index is 13.0. The van der Waals surface area contributed by atoms with Gasteiger partial charge in [0.15, 0.2) is 0 Å². The molecule has 0 spiro atoms. The number of hydrogen-bond acceptors (Lipinski definition) is 2. The second-order valence-electron chi connectivity index (χ2n) is 4.55. The zero-order chi connectivity index (χ0) is 12.2. The summed E-state index contributed by atoms with van der Waals surface area (Å²) in [6.07, 6.45) is 1.67. The minimum atomic E-state index is -2.39. The molecule has 0 radical (unpaired) electrons. The lowest BCUT2D eigenvalue weighted by molar-refractivity contribution is 0.638. The summed E-state index contributed by atoms with van der Waals surface area (Å²) in [6.45, 7) is 9.90. The lowest BCUT2D eigenvalue weighted by atomic mass is 10.3. The van der Waals surface area contributed by atoms with E-state index in [9.17, 15) is 4.21 Å². The summed E-state index contributed by atoms with van der Waals surface area (Å²) in [6, 6.07) is 9.45. The second-order valence-corrected chi connectivity index (χ2v) is 7.56. The minimum absolute atomic E-state index is 0.378. The van der Waals surface area contributed by atoms with Crippen molar-refractivity contribution in [3.63, 3.8) is 0 Å². The molecule has 0 aliphatic rings. The molecule has 0 bridgehead atoms. The molecule has 0 aromatic heterocycles. The van der Waals surface area contributed by atoms with Crippen LogP contribution >= 0.6 is 0 Å². The average molecular weight is 237 g/mol. The first-order chi connectivity index (χ1) is 7.42. The number of rotatable bonds is 3. The molecule has 0 aliphatic carbocycles. The normalized spacial score (nSPS) is 15.2. The zero-order valence-corrected chi connectivity index (χ0v) is 11.0. The molecule has 1 aromatic rings. The fraction of sp³-hybridized carbons (Fsp3) is 0.385. The molecular weight excluding hydrogens is 218 g/mol. The van der Waals surface area contributed by atoms with Gasteiger partial charge < -0.3 is 0 Å². The summed E-state index contributed by atoms with van der Waals surface area (Å²) in [7, 11) is -2.39. The van der Waals surface area contributed by atoms with Crippen molar-refractivity contribution in [2.45, 2.75) is 30.4 Å². The van der Waals surface area contributed by atoms with Crippen molar-refractivity contribution in [3.8, 4) is 0 Å². The van der Waals surface area contributed by atoms with Crippen molar-refractivity contribution in [3.05, 3.63) is 43.0 Å². The fourth-order valence-corrected chi connectivity index (χ4v) is 3.47. The van der Waals surface area contributed by atoms with E-state index in [0.717, 1.165) is 4.90 Å². The predicted octanol–water partition coefficient (Wildman–Crippen LogP) is 3.50. The van der Waals surface area contributed by atoms with E-state index in [0.29, 0.717) is 6.54 Å². The van der Waals surface area contributed by atoms with Crippen molar-refractivity contribution in [2.75, 3.05) is 6.54 Å². The van der Waals surface area contributed by atoms with Crippen LogP contribution in [0.15, 0.2) is 52.2 Å². The van der Waals surface area contributed by atoms with Crippen LogP contribution in [0.25, 0.3) is 0 Å².